The van der Waals surface area contributed by atoms with Gasteiger partial charge in [-0.25, -0.2) is 0 Å². The molecule has 1 aliphatic heterocycles. The summed E-state index contributed by atoms with van der Waals surface area (Å²) < 4.78 is 0. The van der Waals surface area contributed by atoms with Crippen LogP contribution in [0.4, 0.5) is 0 Å². The van der Waals surface area contributed by atoms with Gasteiger partial charge in [0.25, 0.3) is 0 Å². The maximum atomic E-state index is 4.41. The largest absolute Gasteiger partial charge is 0.372 e. The van der Waals surface area contributed by atoms with E-state index in [1.54, 1.807) is 11.3 Å². The van der Waals surface area contributed by atoms with Crippen LogP contribution in [-0.2, 0) is 6.42 Å². The quantitative estimate of drug-likeness (QED) is 0.914. The van der Waals surface area contributed by atoms with Gasteiger partial charge >= 0.3 is 0 Å². The van der Waals surface area contributed by atoms with E-state index in [1.165, 1.54) is 16.0 Å². The van der Waals surface area contributed by atoms with Gasteiger partial charge in [-0.1, -0.05) is 6.07 Å². The van der Waals surface area contributed by atoms with Gasteiger partial charge in [0.15, 0.2) is 0 Å². The first-order chi connectivity index (χ1) is 8.92. The number of hydrogen-bond acceptors (Lipinski definition) is 4. The molecular weight excluding hydrogens is 242 g/mol. The Morgan fingerprint density at radius 3 is 3.06 bits per heavy atom. The lowest BCUT2D eigenvalue weighted by Crippen LogP contribution is -2.18. The fourth-order valence-electron chi connectivity index (χ4n) is 2.08. The van der Waals surface area contributed by atoms with Crippen LogP contribution in [0.15, 0.2) is 41.0 Å². The first-order valence-electron chi connectivity index (χ1n) is 6.17. The van der Waals surface area contributed by atoms with Crippen LogP contribution < -0.4 is 5.32 Å². The summed E-state index contributed by atoms with van der Waals surface area (Å²) in [4.78, 5) is 10.0. The molecule has 0 fully saturated rings. The molecule has 0 unspecified atom stereocenters. The Labute approximate surface area is 111 Å². The molecule has 1 aliphatic rings. The number of pyridine rings is 1. The highest BCUT2D eigenvalue weighted by Gasteiger charge is 2.06. The molecule has 1 N–H and O–H groups in total. The fraction of sp³-hybridized carbons (Fsp3) is 0.286. The number of amidine groups is 1. The van der Waals surface area contributed by atoms with E-state index in [9.17, 15) is 0 Å². The van der Waals surface area contributed by atoms with Crippen molar-refractivity contribution in [2.45, 2.75) is 12.8 Å². The molecule has 3 rings (SSSR count). The lowest BCUT2D eigenvalue weighted by atomic mass is 10.1. The fourth-order valence-corrected chi connectivity index (χ4v) is 2.79. The zero-order valence-corrected chi connectivity index (χ0v) is 10.9. The predicted octanol–water partition coefficient (Wildman–Crippen LogP) is 2.74. The third kappa shape index (κ3) is 2.59. The second-order valence-electron chi connectivity index (χ2n) is 4.31. The summed E-state index contributed by atoms with van der Waals surface area (Å²) in [5.74, 6) is 1.14. The normalized spacial score (nSPS) is 14.3. The molecule has 18 heavy (non-hydrogen) atoms. The maximum Gasteiger partial charge on any atom is 0.0967 e. The van der Waals surface area contributed by atoms with Crippen molar-refractivity contribution in [3.63, 3.8) is 0 Å². The summed E-state index contributed by atoms with van der Waals surface area (Å²) in [7, 11) is 0. The topological polar surface area (TPSA) is 37.3 Å². The minimum atomic E-state index is 0.919. The van der Waals surface area contributed by atoms with Gasteiger partial charge in [0.05, 0.1) is 12.4 Å². The summed E-state index contributed by atoms with van der Waals surface area (Å²) in [6.07, 6.45) is 5.86. The summed E-state index contributed by atoms with van der Waals surface area (Å²) in [6.45, 7) is 1.91. The number of hydrogen-bond donors (Lipinski definition) is 1. The van der Waals surface area contributed by atoms with Crippen LogP contribution in [0.25, 0.3) is 10.4 Å². The Kier molecular flexibility index (Phi) is 3.37. The summed E-state index contributed by atoms with van der Waals surface area (Å²) >= 11 is 1.75. The van der Waals surface area contributed by atoms with Crippen molar-refractivity contribution >= 4 is 17.2 Å². The van der Waals surface area contributed by atoms with Gasteiger partial charge in [-0.3, -0.25) is 9.98 Å². The van der Waals surface area contributed by atoms with Gasteiger partial charge in [-0.05, 0) is 29.5 Å². The summed E-state index contributed by atoms with van der Waals surface area (Å²) in [5, 5.41) is 5.40. The number of rotatable bonds is 4. The van der Waals surface area contributed by atoms with Gasteiger partial charge in [0.1, 0.15) is 0 Å². The highest BCUT2D eigenvalue weighted by molar-refractivity contribution is 7.13. The number of thiophene rings is 1. The molecular formula is C14H15N3S. The molecule has 0 bridgehead atoms. The van der Waals surface area contributed by atoms with Crippen molar-refractivity contribution in [3.05, 3.63) is 41.5 Å². The standard InChI is InChI=1S/C14H15N3S/c1-2-13(18-7-1)12-8-11(9-15-10-12)3-4-14-16-5-6-17-14/h1-2,7-10H,3-6H2,(H,16,17). The van der Waals surface area contributed by atoms with Crippen LogP contribution in [0.3, 0.4) is 0 Å². The Morgan fingerprint density at radius 2 is 2.28 bits per heavy atom. The Balaban J connectivity index is 1.71. The SMILES string of the molecule is c1csc(-c2cncc(CCC3=NCCN3)c2)c1. The Bertz CT molecular complexity index is 546. The Morgan fingerprint density at radius 1 is 1.28 bits per heavy atom. The van der Waals surface area contributed by atoms with Gasteiger partial charge in [0.2, 0.25) is 0 Å². The number of aliphatic imine (C=N–C) groups is 1. The lowest BCUT2D eigenvalue weighted by molar-refractivity contribution is 0.932. The summed E-state index contributed by atoms with van der Waals surface area (Å²) in [6, 6.07) is 6.44. The van der Waals surface area contributed by atoms with E-state index in [0.29, 0.717) is 0 Å². The van der Waals surface area contributed by atoms with Crippen LogP contribution in [0.2, 0.25) is 0 Å². The van der Waals surface area contributed by atoms with E-state index >= 15 is 0 Å². The van der Waals surface area contributed by atoms with Crippen LogP contribution in [0.1, 0.15) is 12.0 Å². The lowest BCUT2D eigenvalue weighted by Gasteiger charge is -2.04. The molecule has 0 aromatic carbocycles. The molecule has 0 atom stereocenters. The second-order valence-corrected chi connectivity index (χ2v) is 5.26. The zero-order chi connectivity index (χ0) is 12.2. The molecule has 3 heterocycles. The molecule has 0 aliphatic carbocycles. The molecule has 0 saturated heterocycles. The number of aromatic nitrogens is 1. The van der Waals surface area contributed by atoms with Crippen molar-refractivity contribution in [2.75, 3.05) is 13.1 Å². The van der Waals surface area contributed by atoms with E-state index in [0.717, 1.165) is 31.8 Å². The molecule has 2 aromatic rings. The Hall–Kier alpha value is -1.68. The smallest absolute Gasteiger partial charge is 0.0967 e. The maximum absolute atomic E-state index is 4.41. The van der Waals surface area contributed by atoms with Crippen molar-refractivity contribution in [3.8, 4) is 10.4 Å². The van der Waals surface area contributed by atoms with Crippen LogP contribution in [0, 0.1) is 0 Å². The van der Waals surface area contributed by atoms with E-state index in [-0.39, 0.29) is 0 Å². The monoisotopic (exact) mass is 257 g/mol. The average molecular weight is 257 g/mol. The van der Waals surface area contributed by atoms with Gasteiger partial charge in [0, 0.05) is 35.8 Å². The average Bonchev–Trinajstić information content (AvgIpc) is 3.10. The van der Waals surface area contributed by atoms with Crippen molar-refractivity contribution in [1.82, 2.24) is 10.3 Å². The van der Waals surface area contributed by atoms with Crippen molar-refractivity contribution in [1.29, 1.82) is 0 Å². The van der Waals surface area contributed by atoms with Crippen LogP contribution >= 0.6 is 11.3 Å². The molecule has 4 heteroatoms. The number of nitrogens with zero attached hydrogens (tertiary/aromatic N) is 2. The highest BCUT2D eigenvalue weighted by atomic mass is 32.1. The van der Waals surface area contributed by atoms with Gasteiger partial charge < -0.3 is 5.32 Å². The molecule has 0 amide bonds. The molecule has 0 spiro atoms. The number of nitrogens with one attached hydrogen (secondary N) is 1. The molecule has 0 radical (unpaired) electrons. The molecule has 92 valence electrons. The zero-order valence-electron chi connectivity index (χ0n) is 10.1. The van der Waals surface area contributed by atoms with Crippen molar-refractivity contribution in [2.24, 2.45) is 4.99 Å². The first-order valence-corrected chi connectivity index (χ1v) is 7.05. The molecule has 2 aromatic heterocycles. The van der Waals surface area contributed by atoms with Crippen LogP contribution in [-0.4, -0.2) is 23.9 Å². The first kappa shape index (κ1) is 11.4. The highest BCUT2D eigenvalue weighted by Crippen LogP contribution is 2.24. The third-order valence-electron chi connectivity index (χ3n) is 2.99. The summed E-state index contributed by atoms with van der Waals surface area (Å²) in [5.41, 5.74) is 2.49. The van der Waals surface area contributed by atoms with Crippen LogP contribution in [0.5, 0.6) is 0 Å². The predicted molar refractivity (Wildman–Crippen MR) is 76.2 cm³/mol. The second kappa shape index (κ2) is 5.31. The van der Waals surface area contributed by atoms with E-state index < -0.39 is 0 Å². The molecule has 3 nitrogen and oxygen atoms in total. The van der Waals surface area contributed by atoms with E-state index in [2.05, 4.69) is 38.9 Å². The van der Waals surface area contributed by atoms with E-state index in [4.69, 9.17) is 0 Å². The van der Waals surface area contributed by atoms with E-state index in [1.807, 2.05) is 12.4 Å². The minimum Gasteiger partial charge on any atom is -0.372 e. The van der Waals surface area contributed by atoms with Gasteiger partial charge in [-0.15, -0.1) is 11.3 Å². The van der Waals surface area contributed by atoms with Crippen molar-refractivity contribution < 1.29 is 0 Å². The third-order valence-corrected chi connectivity index (χ3v) is 3.91. The van der Waals surface area contributed by atoms with Gasteiger partial charge in [-0.2, -0.15) is 0 Å². The molecule has 0 saturated carbocycles. The number of aryl methyl sites for hydroxylation is 1. The minimum absolute atomic E-state index is 0.919.